The molecule has 1 N–H and O–H groups in total. The van der Waals surface area contributed by atoms with E-state index >= 15 is 0 Å². The van der Waals surface area contributed by atoms with Crippen molar-refractivity contribution in [2.75, 3.05) is 6.54 Å². The van der Waals surface area contributed by atoms with Gasteiger partial charge in [-0.1, -0.05) is 170 Å². The van der Waals surface area contributed by atoms with Crippen LogP contribution < -0.4 is 0 Å². The van der Waals surface area contributed by atoms with Crippen LogP contribution in [0.2, 0.25) is 0 Å². The zero-order valence-corrected chi connectivity index (χ0v) is 23.5. The molecule has 0 bridgehead atoms. The first kappa shape index (κ1) is 27.2. The van der Waals surface area contributed by atoms with Gasteiger partial charge in [-0.25, -0.2) is 0 Å². The number of hydrogen-bond acceptors (Lipinski definition) is 2. The van der Waals surface area contributed by atoms with Crippen LogP contribution >= 0.6 is 0 Å². The second-order valence-electron chi connectivity index (χ2n) is 10.4. The van der Waals surface area contributed by atoms with Gasteiger partial charge in [0.2, 0.25) is 0 Å². The normalized spacial score (nSPS) is 11.4. The number of benzene rings is 6. The maximum atomic E-state index is 11.9. The number of hydrogen-bond donors (Lipinski definition) is 1. The molecule has 2 heteroatoms. The Balaban J connectivity index is 1.53. The zero-order valence-electron chi connectivity index (χ0n) is 23.5. The van der Waals surface area contributed by atoms with Crippen molar-refractivity contribution in [1.29, 1.82) is 0 Å². The summed E-state index contributed by atoms with van der Waals surface area (Å²) in [6.45, 7) is 4.23. The van der Waals surface area contributed by atoms with Crippen molar-refractivity contribution >= 4 is 0 Å². The summed E-state index contributed by atoms with van der Waals surface area (Å²) in [6.07, 6.45) is 1.74. The standard InChI is InChI=1S/C40H33NO/c1-2-30-41(42)40(37-24-18-34(19-25-37)31-12-6-3-7-13-31,38-26-20-35(21-27-38)32-14-8-4-9-15-32)39-28-22-36(23-29-39)33-16-10-5-11-17-33/h2-29,42H,1,30H2. The highest BCUT2D eigenvalue weighted by Gasteiger charge is 2.42. The van der Waals surface area contributed by atoms with Crippen molar-refractivity contribution in [3.05, 3.63) is 193 Å². The Morgan fingerprint density at radius 2 is 0.690 bits per heavy atom. The first-order valence-electron chi connectivity index (χ1n) is 14.3. The number of hydroxylamine groups is 2. The quantitative estimate of drug-likeness (QED) is 0.111. The van der Waals surface area contributed by atoms with Crippen LogP contribution in [0.25, 0.3) is 33.4 Å². The minimum absolute atomic E-state index is 0.279. The minimum atomic E-state index is -0.978. The van der Waals surface area contributed by atoms with Crippen molar-refractivity contribution in [2.24, 2.45) is 0 Å². The van der Waals surface area contributed by atoms with Gasteiger partial charge in [0.1, 0.15) is 5.54 Å². The fraction of sp³-hybridized carbons (Fsp3) is 0.0500. The molecule has 2 nitrogen and oxygen atoms in total. The van der Waals surface area contributed by atoms with Gasteiger partial charge in [-0.15, -0.1) is 6.58 Å². The highest BCUT2D eigenvalue weighted by atomic mass is 16.5. The van der Waals surface area contributed by atoms with Crippen LogP contribution in [0, 0.1) is 0 Å². The number of rotatable bonds is 9. The molecule has 6 aromatic rings. The molecular weight excluding hydrogens is 510 g/mol. The van der Waals surface area contributed by atoms with Crippen LogP contribution in [0.5, 0.6) is 0 Å². The van der Waals surface area contributed by atoms with Crippen molar-refractivity contribution in [2.45, 2.75) is 5.54 Å². The Morgan fingerprint density at radius 3 is 0.952 bits per heavy atom. The van der Waals surface area contributed by atoms with Gasteiger partial charge in [0.25, 0.3) is 0 Å². The van der Waals surface area contributed by atoms with Crippen LogP contribution in [0.4, 0.5) is 0 Å². The van der Waals surface area contributed by atoms with E-state index in [0.717, 1.165) is 50.1 Å². The molecule has 0 amide bonds. The highest BCUT2D eigenvalue weighted by Crippen LogP contribution is 2.43. The van der Waals surface area contributed by atoms with E-state index in [2.05, 4.69) is 152 Å². The summed E-state index contributed by atoms with van der Waals surface area (Å²) in [5.74, 6) is 0. The summed E-state index contributed by atoms with van der Waals surface area (Å²) in [7, 11) is 0. The monoisotopic (exact) mass is 543 g/mol. The second-order valence-corrected chi connectivity index (χ2v) is 10.4. The first-order chi connectivity index (χ1) is 20.7. The average Bonchev–Trinajstić information content (AvgIpc) is 3.07. The van der Waals surface area contributed by atoms with Crippen LogP contribution in [-0.2, 0) is 5.54 Å². The summed E-state index contributed by atoms with van der Waals surface area (Å²) < 4.78 is 0. The molecular formula is C40H33NO. The van der Waals surface area contributed by atoms with E-state index in [1.54, 1.807) is 6.08 Å². The van der Waals surface area contributed by atoms with Gasteiger partial charge in [-0.3, -0.25) is 0 Å². The Morgan fingerprint density at radius 1 is 0.429 bits per heavy atom. The molecule has 0 fully saturated rings. The fourth-order valence-electron chi connectivity index (χ4n) is 5.81. The predicted octanol–water partition coefficient (Wildman–Crippen LogP) is 9.86. The second kappa shape index (κ2) is 12.2. The summed E-state index contributed by atoms with van der Waals surface area (Å²) in [6, 6.07) is 56.7. The van der Waals surface area contributed by atoms with Crippen LogP contribution in [-0.4, -0.2) is 16.8 Å². The van der Waals surface area contributed by atoms with Crippen molar-refractivity contribution < 1.29 is 5.21 Å². The largest absolute Gasteiger partial charge is 0.312 e. The van der Waals surface area contributed by atoms with E-state index in [-0.39, 0.29) is 6.54 Å². The highest BCUT2D eigenvalue weighted by molar-refractivity contribution is 5.68. The summed E-state index contributed by atoms with van der Waals surface area (Å²) in [5.41, 5.74) is 8.75. The molecule has 0 unspecified atom stereocenters. The molecule has 0 radical (unpaired) electrons. The third kappa shape index (κ3) is 5.22. The van der Waals surface area contributed by atoms with Crippen molar-refractivity contribution in [3.63, 3.8) is 0 Å². The molecule has 0 saturated heterocycles. The molecule has 0 heterocycles. The minimum Gasteiger partial charge on any atom is -0.312 e. The van der Waals surface area contributed by atoms with Crippen molar-refractivity contribution in [3.8, 4) is 33.4 Å². The topological polar surface area (TPSA) is 23.5 Å². The zero-order chi connectivity index (χ0) is 28.8. The van der Waals surface area contributed by atoms with E-state index in [4.69, 9.17) is 0 Å². The molecule has 0 saturated carbocycles. The van der Waals surface area contributed by atoms with E-state index in [9.17, 15) is 5.21 Å². The molecule has 0 aliphatic heterocycles. The third-order valence-corrected chi connectivity index (χ3v) is 7.92. The molecule has 0 aromatic heterocycles. The molecule has 0 aliphatic rings. The van der Waals surface area contributed by atoms with Gasteiger partial charge in [0.15, 0.2) is 0 Å². The van der Waals surface area contributed by atoms with Gasteiger partial charge in [0.05, 0.1) is 0 Å². The Kier molecular flexibility index (Phi) is 7.91. The van der Waals surface area contributed by atoms with Crippen LogP contribution in [0.3, 0.4) is 0 Å². The van der Waals surface area contributed by atoms with E-state index in [1.165, 1.54) is 5.06 Å². The van der Waals surface area contributed by atoms with Gasteiger partial charge in [-0.05, 0) is 50.1 Å². The first-order valence-corrected chi connectivity index (χ1v) is 14.3. The van der Waals surface area contributed by atoms with Gasteiger partial charge < -0.3 is 5.21 Å². The average molecular weight is 544 g/mol. The third-order valence-electron chi connectivity index (χ3n) is 7.92. The summed E-state index contributed by atoms with van der Waals surface area (Å²) >= 11 is 0. The molecule has 204 valence electrons. The Hall–Kier alpha value is -5.02. The van der Waals surface area contributed by atoms with Gasteiger partial charge in [-0.2, -0.15) is 5.06 Å². The summed E-state index contributed by atoms with van der Waals surface area (Å²) in [5, 5.41) is 13.4. The SMILES string of the molecule is C=CCN(O)C(c1ccc(-c2ccccc2)cc1)(c1ccc(-c2ccccc2)cc1)c1ccc(-c2ccccc2)cc1. The molecule has 0 atom stereocenters. The molecule has 0 spiro atoms. The van der Waals surface area contributed by atoms with E-state index in [1.807, 2.05) is 18.2 Å². The molecule has 0 aliphatic carbocycles. The van der Waals surface area contributed by atoms with Crippen LogP contribution in [0.15, 0.2) is 176 Å². The molecule has 6 aromatic carbocycles. The lowest BCUT2D eigenvalue weighted by molar-refractivity contribution is -0.139. The summed E-state index contributed by atoms with van der Waals surface area (Å²) in [4.78, 5) is 0. The number of nitrogens with zero attached hydrogens (tertiary/aromatic N) is 1. The lowest BCUT2D eigenvalue weighted by Crippen LogP contribution is -2.46. The van der Waals surface area contributed by atoms with Crippen molar-refractivity contribution in [1.82, 2.24) is 5.06 Å². The van der Waals surface area contributed by atoms with Crippen LogP contribution in [0.1, 0.15) is 16.7 Å². The smallest absolute Gasteiger partial charge is 0.121 e. The lowest BCUT2D eigenvalue weighted by atomic mass is 9.75. The molecule has 6 rings (SSSR count). The maximum Gasteiger partial charge on any atom is 0.121 e. The fourth-order valence-corrected chi connectivity index (χ4v) is 5.81. The van der Waals surface area contributed by atoms with E-state index in [0.29, 0.717) is 0 Å². The predicted molar refractivity (Wildman–Crippen MR) is 174 cm³/mol. The Bertz CT molecular complexity index is 1530. The molecule has 42 heavy (non-hydrogen) atoms. The van der Waals surface area contributed by atoms with Gasteiger partial charge >= 0.3 is 0 Å². The Labute approximate surface area is 248 Å². The lowest BCUT2D eigenvalue weighted by Gasteiger charge is -2.41. The maximum absolute atomic E-state index is 11.9. The van der Waals surface area contributed by atoms with Gasteiger partial charge in [0, 0.05) is 6.54 Å². The van der Waals surface area contributed by atoms with E-state index < -0.39 is 5.54 Å².